The highest BCUT2D eigenvalue weighted by molar-refractivity contribution is 5.81. The second-order valence-corrected chi connectivity index (χ2v) is 5.62. The van der Waals surface area contributed by atoms with Crippen LogP contribution < -0.4 is 5.32 Å². The summed E-state index contributed by atoms with van der Waals surface area (Å²) in [6.45, 7) is 9.07. The van der Waals surface area contributed by atoms with Crippen molar-refractivity contribution >= 4 is 5.91 Å². The SMILES string of the molecule is CCC(C)C(C)N1C(=O)CNC1c1cccc(C)c1. The molecule has 0 spiro atoms. The predicted molar refractivity (Wildman–Crippen MR) is 77.7 cm³/mol. The summed E-state index contributed by atoms with van der Waals surface area (Å²) in [5, 5.41) is 3.34. The maximum atomic E-state index is 12.2. The van der Waals surface area contributed by atoms with Gasteiger partial charge in [0.05, 0.1) is 6.54 Å². The molecule has 0 aliphatic carbocycles. The second kappa shape index (κ2) is 5.74. The van der Waals surface area contributed by atoms with Crippen LogP contribution in [0.15, 0.2) is 24.3 Å². The average Bonchev–Trinajstić information content (AvgIpc) is 2.79. The lowest BCUT2D eigenvalue weighted by atomic mass is 9.98. The first-order chi connectivity index (χ1) is 9.04. The molecule has 3 unspecified atom stereocenters. The molecule has 3 nitrogen and oxygen atoms in total. The standard InChI is InChI=1S/C16H24N2O/c1-5-12(3)13(4)18-15(19)10-17-16(18)14-8-6-7-11(2)9-14/h6-9,12-13,16-17H,5,10H2,1-4H3. The molecular weight excluding hydrogens is 236 g/mol. The van der Waals surface area contributed by atoms with E-state index < -0.39 is 0 Å². The molecule has 1 aromatic rings. The van der Waals surface area contributed by atoms with Crippen molar-refractivity contribution in [3.05, 3.63) is 35.4 Å². The Labute approximate surface area is 116 Å². The van der Waals surface area contributed by atoms with Gasteiger partial charge < -0.3 is 4.90 Å². The minimum absolute atomic E-state index is 0.0244. The predicted octanol–water partition coefficient (Wildman–Crippen LogP) is 2.86. The highest BCUT2D eigenvalue weighted by Gasteiger charge is 2.36. The molecule has 1 saturated heterocycles. The first-order valence-electron chi connectivity index (χ1n) is 7.15. The summed E-state index contributed by atoms with van der Waals surface area (Å²) >= 11 is 0. The Hall–Kier alpha value is -1.35. The second-order valence-electron chi connectivity index (χ2n) is 5.62. The van der Waals surface area contributed by atoms with Crippen LogP contribution in [0.25, 0.3) is 0 Å². The lowest BCUT2D eigenvalue weighted by molar-refractivity contribution is -0.131. The largest absolute Gasteiger partial charge is 0.319 e. The molecule has 0 aromatic heterocycles. The zero-order valence-corrected chi connectivity index (χ0v) is 12.3. The third-order valence-corrected chi connectivity index (χ3v) is 4.28. The quantitative estimate of drug-likeness (QED) is 0.903. The normalized spacial score (nSPS) is 22.6. The van der Waals surface area contributed by atoms with Crippen molar-refractivity contribution in [1.82, 2.24) is 10.2 Å². The van der Waals surface area contributed by atoms with Gasteiger partial charge in [0.2, 0.25) is 5.91 Å². The third-order valence-electron chi connectivity index (χ3n) is 4.28. The van der Waals surface area contributed by atoms with Crippen molar-refractivity contribution in [2.75, 3.05) is 6.54 Å². The number of aryl methyl sites for hydroxylation is 1. The number of hydrogen-bond acceptors (Lipinski definition) is 2. The van der Waals surface area contributed by atoms with Gasteiger partial charge in [-0.3, -0.25) is 10.1 Å². The lowest BCUT2D eigenvalue weighted by Gasteiger charge is -2.34. The van der Waals surface area contributed by atoms with Crippen LogP contribution >= 0.6 is 0 Å². The van der Waals surface area contributed by atoms with Gasteiger partial charge in [0.15, 0.2) is 0 Å². The van der Waals surface area contributed by atoms with E-state index in [0.29, 0.717) is 12.5 Å². The van der Waals surface area contributed by atoms with E-state index in [1.54, 1.807) is 0 Å². The molecule has 1 heterocycles. The zero-order valence-electron chi connectivity index (χ0n) is 12.3. The molecule has 104 valence electrons. The minimum atomic E-state index is 0.0244. The van der Waals surface area contributed by atoms with Crippen LogP contribution in [0.3, 0.4) is 0 Å². The van der Waals surface area contributed by atoms with E-state index in [9.17, 15) is 4.79 Å². The van der Waals surface area contributed by atoms with Gasteiger partial charge in [-0.2, -0.15) is 0 Å². The van der Waals surface area contributed by atoms with Crippen LogP contribution in [-0.4, -0.2) is 23.4 Å². The van der Waals surface area contributed by atoms with E-state index in [1.165, 1.54) is 11.1 Å². The number of nitrogens with one attached hydrogen (secondary N) is 1. The fourth-order valence-electron chi connectivity index (χ4n) is 2.71. The van der Waals surface area contributed by atoms with E-state index in [4.69, 9.17) is 0 Å². The number of benzene rings is 1. The van der Waals surface area contributed by atoms with Gasteiger partial charge in [-0.15, -0.1) is 0 Å². The van der Waals surface area contributed by atoms with E-state index >= 15 is 0 Å². The van der Waals surface area contributed by atoms with Crippen LogP contribution in [0.4, 0.5) is 0 Å². The lowest BCUT2D eigenvalue weighted by Crippen LogP contribution is -2.41. The first kappa shape index (κ1) is 14.1. The molecule has 0 radical (unpaired) electrons. The number of carbonyl (C=O) groups is 1. The maximum absolute atomic E-state index is 12.2. The number of rotatable bonds is 4. The van der Waals surface area contributed by atoms with E-state index in [1.807, 2.05) is 4.90 Å². The molecule has 1 aliphatic heterocycles. The maximum Gasteiger partial charge on any atom is 0.238 e. The van der Waals surface area contributed by atoms with E-state index in [-0.39, 0.29) is 18.1 Å². The van der Waals surface area contributed by atoms with Crippen molar-refractivity contribution in [2.24, 2.45) is 5.92 Å². The van der Waals surface area contributed by atoms with Gasteiger partial charge in [-0.1, -0.05) is 50.1 Å². The summed E-state index contributed by atoms with van der Waals surface area (Å²) in [7, 11) is 0. The van der Waals surface area contributed by atoms with Gasteiger partial charge in [-0.05, 0) is 25.3 Å². The minimum Gasteiger partial charge on any atom is -0.319 e. The molecule has 0 saturated carbocycles. The zero-order chi connectivity index (χ0) is 14.0. The molecule has 1 amide bonds. The molecule has 3 heteroatoms. The van der Waals surface area contributed by atoms with Crippen LogP contribution in [0.1, 0.15) is 44.5 Å². The van der Waals surface area contributed by atoms with E-state index in [2.05, 4.69) is 57.3 Å². The molecule has 0 bridgehead atoms. The number of hydrogen-bond donors (Lipinski definition) is 1. The molecule has 1 fully saturated rings. The van der Waals surface area contributed by atoms with Crippen molar-refractivity contribution in [1.29, 1.82) is 0 Å². The van der Waals surface area contributed by atoms with Gasteiger partial charge >= 0.3 is 0 Å². The van der Waals surface area contributed by atoms with Crippen molar-refractivity contribution in [3.8, 4) is 0 Å². The summed E-state index contributed by atoms with van der Waals surface area (Å²) in [6, 6.07) is 8.66. The first-order valence-corrected chi connectivity index (χ1v) is 7.15. The van der Waals surface area contributed by atoms with Crippen LogP contribution in [0.5, 0.6) is 0 Å². The Morgan fingerprint density at radius 1 is 1.42 bits per heavy atom. The summed E-state index contributed by atoms with van der Waals surface area (Å²) in [6.07, 6.45) is 1.11. The Morgan fingerprint density at radius 3 is 2.79 bits per heavy atom. The van der Waals surface area contributed by atoms with Crippen LogP contribution in [0, 0.1) is 12.8 Å². The van der Waals surface area contributed by atoms with Crippen LogP contribution in [0.2, 0.25) is 0 Å². The van der Waals surface area contributed by atoms with Gasteiger partial charge in [0, 0.05) is 6.04 Å². The highest BCUT2D eigenvalue weighted by atomic mass is 16.2. The van der Waals surface area contributed by atoms with Crippen molar-refractivity contribution in [2.45, 2.75) is 46.3 Å². The molecule has 1 N–H and O–H groups in total. The summed E-state index contributed by atoms with van der Waals surface area (Å²) < 4.78 is 0. The Bertz CT molecular complexity index is 458. The van der Waals surface area contributed by atoms with E-state index in [0.717, 1.165) is 6.42 Å². The van der Waals surface area contributed by atoms with Crippen molar-refractivity contribution < 1.29 is 4.79 Å². The summed E-state index contributed by atoms with van der Waals surface area (Å²) in [5.74, 6) is 0.718. The smallest absolute Gasteiger partial charge is 0.238 e. The Balaban J connectivity index is 2.27. The topological polar surface area (TPSA) is 32.3 Å². The fraction of sp³-hybridized carbons (Fsp3) is 0.562. The molecule has 1 aromatic carbocycles. The number of carbonyl (C=O) groups excluding carboxylic acids is 1. The number of nitrogens with zero attached hydrogens (tertiary/aromatic N) is 1. The van der Waals surface area contributed by atoms with Gasteiger partial charge in [0.1, 0.15) is 6.17 Å². The Kier molecular flexibility index (Phi) is 4.25. The van der Waals surface area contributed by atoms with Crippen LogP contribution in [-0.2, 0) is 4.79 Å². The monoisotopic (exact) mass is 260 g/mol. The molecule has 2 rings (SSSR count). The fourth-order valence-corrected chi connectivity index (χ4v) is 2.71. The van der Waals surface area contributed by atoms with Gasteiger partial charge in [-0.25, -0.2) is 0 Å². The molecular formula is C16H24N2O. The van der Waals surface area contributed by atoms with Gasteiger partial charge in [0.25, 0.3) is 0 Å². The summed E-state index contributed by atoms with van der Waals surface area (Å²) in [4.78, 5) is 14.2. The summed E-state index contributed by atoms with van der Waals surface area (Å²) in [5.41, 5.74) is 2.41. The molecule has 3 atom stereocenters. The number of amides is 1. The Morgan fingerprint density at radius 2 is 2.16 bits per heavy atom. The molecule has 1 aliphatic rings. The average molecular weight is 260 g/mol. The third kappa shape index (κ3) is 2.81. The molecule has 19 heavy (non-hydrogen) atoms. The van der Waals surface area contributed by atoms with Crippen molar-refractivity contribution in [3.63, 3.8) is 0 Å². The highest BCUT2D eigenvalue weighted by Crippen LogP contribution is 2.28.